The number of ether oxygens (including phenoxy) is 1. The lowest BCUT2D eigenvalue weighted by Crippen LogP contribution is -2.39. The second-order valence-electron chi connectivity index (χ2n) is 6.91. The van der Waals surface area contributed by atoms with Crippen LogP contribution in [0.1, 0.15) is 18.7 Å². The lowest BCUT2D eigenvalue weighted by atomic mass is 10.0. The molecule has 2 aromatic rings. The first-order valence-electron chi connectivity index (χ1n) is 8.46. The molecule has 2 aliphatic heterocycles. The molecule has 0 saturated carbocycles. The van der Waals surface area contributed by atoms with E-state index in [1.807, 2.05) is 23.7 Å². The van der Waals surface area contributed by atoms with Crippen LogP contribution in [0.4, 0.5) is 4.79 Å². The summed E-state index contributed by atoms with van der Waals surface area (Å²) in [5, 5.41) is 0. The van der Waals surface area contributed by atoms with Crippen LogP contribution in [0.2, 0.25) is 0 Å². The van der Waals surface area contributed by atoms with Gasteiger partial charge in [-0.05, 0) is 12.1 Å². The third-order valence-corrected chi connectivity index (χ3v) is 5.09. The molecule has 1 unspecified atom stereocenters. The number of amides is 2. The van der Waals surface area contributed by atoms with Crippen molar-refractivity contribution in [2.45, 2.75) is 24.9 Å². The maximum absolute atomic E-state index is 12.6. The minimum Gasteiger partial charge on any atom is -0.439 e. The molecule has 132 valence electrons. The van der Waals surface area contributed by atoms with Gasteiger partial charge in [-0.2, -0.15) is 0 Å². The summed E-state index contributed by atoms with van der Waals surface area (Å²) in [6.45, 7) is 1.65. The second kappa shape index (κ2) is 5.72. The summed E-state index contributed by atoms with van der Waals surface area (Å²) < 4.78 is 7.42. The van der Waals surface area contributed by atoms with Crippen LogP contribution in [0.25, 0.3) is 11.2 Å². The molecule has 8 nitrogen and oxygen atoms in total. The Labute approximate surface area is 145 Å². The first-order valence-corrected chi connectivity index (χ1v) is 8.46. The molecule has 4 heterocycles. The van der Waals surface area contributed by atoms with Gasteiger partial charge in [-0.3, -0.25) is 4.79 Å². The van der Waals surface area contributed by atoms with Gasteiger partial charge in [0.15, 0.2) is 11.2 Å². The first kappa shape index (κ1) is 15.9. The maximum Gasteiger partial charge on any atom is 0.410 e. The van der Waals surface area contributed by atoms with Crippen molar-refractivity contribution < 1.29 is 14.3 Å². The molecule has 25 heavy (non-hydrogen) atoms. The van der Waals surface area contributed by atoms with E-state index in [4.69, 9.17) is 4.74 Å². The third kappa shape index (κ3) is 2.71. The van der Waals surface area contributed by atoms with Gasteiger partial charge in [0.25, 0.3) is 0 Å². The molecule has 2 aliphatic rings. The molecule has 1 atom stereocenters. The van der Waals surface area contributed by atoms with Gasteiger partial charge in [-0.1, -0.05) is 0 Å². The SMILES string of the molecule is CN1CC2(CCN(C(=O)CCc3nc4cccnc4n3C)C2)OC1=O. The topological polar surface area (TPSA) is 80.6 Å². The van der Waals surface area contributed by atoms with Gasteiger partial charge in [-0.15, -0.1) is 0 Å². The van der Waals surface area contributed by atoms with Crippen LogP contribution >= 0.6 is 0 Å². The number of pyridine rings is 1. The Bertz CT molecular complexity index is 848. The van der Waals surface area contributed by atoms with E-state index in [1.54, 1.807) is 23.0 Å². The molecular formula is C17H21N5O3. The summed E-state index contributed by atoms with van der Waals surface area (Å²) in [5.74, 6) is 0.922. The number of imidazole rings is 1. The Hall–Kier alpha value is -2.64. The van der Waals surface area contributed by atoms with E-state index in [2.05, 4.69) is 9.97 Å². The Balaban J connectivity index is 1.39. The van der Waals surface area contributed by atoms with Crippen LogP contribution in [0, 0.1) is 0 Å². The first-order chi connectivity index (χ1) is 12.0. The van der Waals surface area contributed by atoms with Crippen LogP contribution in [0.3, 0.4) is 0 Å². The molecular weight excluding hydrogens is 322 g/mol. The summed E-state index contributed by atoms with van der Waals surface area (Å²) in [6, 6.07) is 3.77. The second-order valence-corrected chi connectivity index (χ2v) is 6.91. The molecule has 2 aromatic heterocycles. The largest absolute Gasteiger partial charge is 0.439 e. The van der Waals surface area contributed by atoms with Crippen molar-refractivity contribution in [3.05, 3.63) is 24.2 Å². The average molecular weight is 343 g/mol. The van der Waals surface area contributed by atoms with E-state index >= 15 is 0 Å². The number of carbonyl (C=O) groups is 2. The van der Waals surface area contributed by atoms with Crippen LogP contribution in [-0.4, -0.2) is 68.6 Å². The zero-order valence-electron chi connectivity index (χ0n) is 14.4. The molecule has 1 spiro atoms. The zero-order chi connectivity index (χ0) is 17.6. The maximum atomic E-state index is 12.6. The fourth-order valence-corrected chi connectivity index (χ4v) is 3.73. The minimum absolute atomic E-state index is 0.0718. The zero-order valence-corrected chi connectivity index (χ0v) is 14.4. The summed E-state index contributed by atoms with van der Waals surface area (Å²) in [7, 11) is 3.64. The lowest BCUT2D eigenvalue weighted by Gasteiger charge is -2.21. The molecule has 2 saturated heterocycles. The fraction of sp³-hybridized carbons (Fsp3) is 0.529. The number of hydrogen-bond acceptors (Lipinski definition) is 5. The highest BCUT2D eigenvalue weighted by Crippen LogP contribution is 2.32. The van der Waals surface area contributed by atoms with Gasteiger partial charge in [0.2, 0.25) is 5.91 Å². The Morgan fingerprint density at radius 3 is 2.92 bits per heavy atom. The molecule has 0 N–H and O–H groups in total. The van der Waals surface area contributed by atoms with Crippen LogP contribution in [0.5, 0.6) is 0 Å². The third-order valence-electron chi connectivity index (χ3n) is 5.09. The number of hydrogen-bond donors (Lipinski definition) is 0. The van der Waals surface area contributed by atoms with Crippen molar-refractivity contribution in [3.8, 4) is 0 Å². The Morgan fingerprint density at radius 1 is 1.36 bits per heavy atom. The minimum atomic E-state index is -0.524. The predicted octanol–water partition coefficient (Wildman–Crippen LogP) is 0.954. The highest BCUT2D eigenvalue weighted by Gasteiger charge is 2.49. The van der Waals surface area contributed by atoms with Gasteiger partial charge >= 0.3 is 6.09 Å². The quantitative estimate of drug-likeness (QED) is 0.829. The van der Waals surface area contributed by atoms with Gasteiger partial charge < -0.3 is 19.1 Å². The molecule has 2 fully saturated rings. The highest BCUT2D eigenvalue weighted by molar-refractivity contribution is 5.78. The van der Waals surface area contributed by atoms with Crippen molar-refractivity contribution >= 4 is 23.2 Å². The standard InChI is InChI=1S/C17H21N5O3/c1-20-10-17(25-16(20)24)7-9-22(11-17)14(23)6-5-13-19-12-4-3-8-18-15(12)21(13)2/h3-4,8H,5-7,9-11H2,1-2H3. The monoisotopic (exact) mass is 343 g/mol. The van der Waals surface area contributed by atoms with E-state index in [0.29, 0.717) is 38.9 Å². The van der Waals surface area contributed by atoms with E-state index < -0.39 is 5.60 Å². The number of nitrogens with zero attached hydrogens (tertiary/aromatic N) is 5. The summed E-state index contributed by atoms with van der Waals surface area (Å²) in [5.41, 5.74) is 1.14. The number of aryl methyl sites for hydroxylation is 2. The van der Waals surface area contributed by atoms with E-state index in [9.17, 15) is 9.59 Å². The van der Waals surface area contributed by atoms with Crippen molar-refractivity contribution in [2.75, 3.05) is 26.7 Å². The predicted molar refractivity (Wildman–Crippen MR) is 89.9 cm³/mol. The van der Waals surface area contributed by atoms with Gasteiger partial charge in [-0.25, -0.2) is 14.8 Å². The number of likely N-dealkylation sites (tertiary alicyclic amines) is 1. The smallest absolute Gasteiger partial charge is 0.410 e. The van der Waals surface area contributed by atoms with Gasteiger partial charge in [0.05, 0.1) is 13.1 Å². The molecule has 0 aromatic carbocycles. The number of likely N-dealkylation sites (N-methyl/N-ethyl adjacent to an activating group) is 1. The number of rotatable bonds is 3. The molecule has 4 rings (SSSR count). The summed E-state index contributed by atoms with van der Waals surface area (Å²) in [6.07, 6.45) is 3.08. The number of carbonyl (C=O) groups excluding carboxylic acids is 2. The van der Waals surface area contributed by atoms with E-state index in [-0.39, 0.29) is 12.0 Å². The van der Waals surface area contributed by atoms with E-state index in [1.165, 1.54) is 0 Å². The highest BCUT2D eigenvalue weighted by atomic mass is 16.6. The average Bonchev–Trinajstić information content (AvgIpc) is 3.23. The number of fused-ring (bicyclic) bond motifs is 1. The van der Waals surface area contributed by atoms with Crippen molar-refractivity contribution in [2.24, 2.45) is 7.05 Å². The lowest BCUT2D eigenvalue weighted by molar-refractivity contribution is -0.130. The Morgan fingerprint density at radius 2 is 2.20 bits per heavy atom. The van der Waals surface area contributed by atoms with E-state index in [0.717, 1.165) is 17.0 Å². The van der Waals surface area contributed by atoms with Crippen molar-refractivity contribution in [3.63, 3.8) is 0 Å². The van der Waals surface area contributed by atoms with Crippen LogP contribution in [0.15, 0.2) is 18.3 Å². The van der Waals surface area contributed by atoms with Crippen molar-refractivity contribution in [1.82, 2.24) is 24.3 Å². The summed E-state index contributed by atoms with van der Waals surface area (Å²) >= 11 is 0. The Kier molecular flexibility index (Phi) is 3.63. The van der Waals surface area contributed by atoms with Gasteiger partial charge in [0.1, 0.15) is 11.3 Å². The number of aromatic nitrogens is 3. The molecule has 0 radical (unpaired) electrons. The normalized spacial score (nSPS) is 23.0. The summed E-state index contributed by atoms with van der Waals surface area (Å²) in [4.78, 5) is 36.4. The molecule has 8 heteroatoms. The molecule has 0 bridgehead atoms. The van der Waals surface area contributed by atoms with Crippen molar-refractivity contribution in [1.29, 1.82) is 0 Å². The van der Waals surface area contributed by atoms with Gasteiger partial charge in [0, 0.05) is 46.1 Å². The molecule has 0 aliphatic carbocycles. The fourth-order valence-electron chi connectivity index (χ4n) is 3.73. The van der Waals surface area contributed by atoms with Crippen LogP contribution in [-0.2, 0) is 23.0 Å². The van der Waals surface area contributed by atoms with Crippen LogP contribution < -0.4 is 0 Å². The molecule has 2 amide bonds.